The Morgan fingerprint density at radius 3 is 2.53 bits per heavy atom. The normalized spacial score (nSPS) is 20.7. The molecule has 1 aromatic rings. The summed E-state index contributed by atoms with van der Waals surface area (Å²) in [5.41, 5.74) is 5.95. The van der Waals surface area contributed by atoms with Gasteiger partial charge in [0.25, 0.3) is 5.91 Å². The first kappa shape index (κ1) is 22.2. The van der Waals surface area contributed by atoms with Crippen molar-refractivity contribution in [2.45, 2.75) is 45.1 Å². The second-order valence-electron chi connectivity index (χ2n) is 7.99. The number of carbonyl (C=O) groups is 3. The van der Waals surface area contributed by atoms with E-state index in [-0.39, 0.29) is 30.1 Å². The maximum Gasteiger partial charge on any atom is 0.251 e. The van der Waals surface area contributed by atoms with Crippen LogP contribution in [0.25, 0.3) is 0 Å². The van der Waals surface area contributed by atoms with Crippen molar-refractivity contribution in [1.29, 1.82) is 0 Å². The summed E-state index contributed by atoms with van der Waals surface area (Å²) >= 11 is 0. The first-order valence-corrected chi connectivity index (χ1v) is 10.8. The van der Waals surface area contributed by atoms with Gasteiger partial charge in [0.05, 0.1) is 24.8 Å². The van der Waals surface area contributed by atoms with Gasteiger partial charge in [0.15, 0.2) is 0 Å². The molecule has 3 amide bonds. The predicted molar refractivity (Wildman–Crippen MR) is 114 cm³/mol. The summed E-state index contributed by atoms with van der Waals surface area (Å²) in [5.74, 6) is 0.139. The highest BCUT2D eigenvalue weighted by atomic mass is 16.5. The number of piperidine rings is 1. The van der Waals surface area contributed by atoms with E-state index in [1.807, 2.05) is 6.92 Å². The molecular weight excluding hydrogens is 384 g/mol. The summed E-state index contributed by atoms with van der Waals surface area (Å²) in [7, 11) is 0. The highest BCUT2D eigenvalue weighted by Crippen LogP contribution is 2.25. The fourth-order valence-electron chi connectivity index (χ4n) is 3.99. The Bertz CT molecular complexity index is 744. The molecule has 2 fully saturated rings. The summed E-state index contributed by atoms with van der Waals surface area (Å²) in [6, 6.07) is 6.59. The third kappa shape index (κ3) is 5.58. The number of ether oxygens (including phenoxy) is 1. The van der Waals surface area contributed by atoms with Gasteiger partial charge in [-0.3, -0.25) is 14.4 Å². The molecule has 0 aliphatic carbocycles. The molecule has 0 saturated carbocycles. The Morgan fingerprint density at radius 1 is 1.20 bits per heavy atom. The lowest BCUT2D eigenvalue weighted by Crippen LogP contribution is -2.41. The zero-order chi connectivity index (χ0) is 21.5. The molecule has 164 valence electrons. The van der Waals surface area contributed by atoms with Crippen molar-refractivity contribution < 1.29 is 19.1 Å². The number of primary amides is 1. The second-order valence-corrected chi connectivity index (χ2v) is 7.99. The van der Waals surface area contributed by atoms with Crippen molar-refractivity contribution >= 4 is 23.4 Å². The molecule has 2 aliphatic rings. The summed E-state index contributed by atoms with van der Waals surface area (Å²) < 4.78 is 5.55. The highest BCUT2D eigenvalue weighted by molar-refractivity contribution is 6.22. The molecule has 2 saturated heterocycles. The number of amides is 3. The van der Waals surface area contributed by atoms with E-state index in [2.05, 4.69) is 10.2 Å². The highest BCUT2D eigenvalue weighted by Gasteiger charge is 2.39. The minimum absolute atomic E-state index is 0.000228. The van der Waals surface area contributed by atoms with Gasteiger partial charge in [-0.1, -0.05) is 6.92 Å². The van der Waals surface area contributed by atoms with Crippen molar-refractivity contribution in [2.75, 3.05) is 37.7 Å². The number of carbonyl (C=O) groups excluding carboxylic acids is 3. The van der Waals surface area contributed by atoms with Crippen molar-refractivity contribution in [3.05, 3.63) is 24.3 Å². The SMILES string of the molecule is CCCOc1ccc(N2C(=O)C[C@@H](NCCCN3CCC(C(N)=O)CC3)C2=O)cc1. The van der Waals surface area contributed by atoms with Gasteiger partial charge < -0.3 is 20.7 Å². The van der Waals surface area contributed by atoms with Crippen LogP contribution in [0.3, 0.4) is 0 Å². The molecule has 8 heteroatoms. The fraction of sp³-hybridized carbons (Fsp3) is 0.591. The van der Waals surface area contributed by atoms with E-state index in [0.29, 0.717) is 18.8 Å². The number of hydrogen-bond acceptors (Lipinski definition) is 6. The van der Waals surface area contributed by atoms with Gasteiger partial charge >= 0.3 is 0 Å². The molecule has 30 heavy (non-hydrogen) atoms. The number of imide groups is 1. The van der Waals surface area contributed by atoms with Crippen LogP contribution in [0.2, 0.25) is 0 Å². The van der Waals surface area contributed by atoms with Crippen LogP contribution in [0.15, 0.2) is 24.3 Å². The molecule has 0 bridgehead atoms. The number of hydrogen-bond donors (Lipinski definition) is 2. The van der Waals surface area contributed by atoms with Crippen LogP contribution in [0.5, 0.6) is 5.75 Å². The zero-order valence-corrected chi connectivity index (χ0v) is 17.6. The number of rotatable bonds is 10. The Morgan fingerprint density at radius 2 is 1.90 bits per heavy atom. The third-order valence-corrected chi connectivity index (χ3v) is 5.75. The van der Waals surface area contributed by atoms with Crippen molar-refractivity contribution in [3.8, 4) is 5.75 Å². The molecule has 2 heterocycles. The number of nitrogens with zero attached hydrogens (tertiary/aromatic N) is 2. The molecule has 8 nitrogen and oxygen atoms in total. The smallest absolute Gasteiger partial charge is 0.251 e. The monoisotopic (exact) mass is 416 g/mol. The number of anilines is 1. The van der Waals surface area contributed by atoms with Crippen LogP contribution in [0.1, 0.15) is 39.0 Å². The van der Waals surface area contributed by atoms with Crippen LogP contribution >= 0.6 is 0 Å². The minimum atomic E-state index is -0.478. The van der Waals surface area contributed by atoms with Gasteiger partial charge in [-0.25, -0.2) is 4.90 Å². The first-order chi connectivity index (χ1) is 14.5. The standard InChI is InChI=1S/C22H32N4O4/c1-2-14-30-18-6-4-17(5-7-18)26-20(27)15-19(22(26)29)24-10-3-11-25-12-8-16(9-13-25)21(23)28/h4-7,16,19,24H,2-3,8-15H2,1H3,(H2,23,28)/t19-/m1/s1. The molecule has 1 atom stereocenters. The lowest BCUT2D eigenvalue weighted by molar-refractivity contribution is -0.123. The van der Waals surface area contributed by atoms with E-state index >= 15 is 0 Å². The van der Waals surface area contributed by atoms with E-state index in [4.69, 9.17) is 10.5 Å². The zero-order valence-electron chi connectivity index (χ0n) is 17.6. The molecule has 1 aromatic carbocycles. The van der Waals surface area contributed by atoms with E-state index in [0.717, 1.165) is 51.1 Å². The molecule has 2 aliphatic heterocycles. The summed E-state index contributed by atoms with van der Waals surface area (Å²) in [5, 5.41) is 3.23. The molecule has 0 radical (unpaired) electrons. The predicted octanol–water partition coefficient (Wildman–Crippen LogP) is 1.28. The molecular formula is C22H32N4O4. The van der Waals surface area contributed by atoms with Crippen molar-refractivity contribution in [2.24, 2.45) is 11.7 Å². The van der Waals surface area contributed by atoms with Gasteiger partial charge in [0, 0.05) is 5.92 Å². The van der Waals surface area contributed by atoms with Crippen LogP contribution < -0.4 is 20.7 Å². The molecule has 3 rings (SSSR count). The van der Waals surface area contributed by atoms with Crippen LogP contribution in [0, 0.1) is 5.92 Å². The van der Waals surface area contributed by atoms with E-state index < -0.39 is 6.04 Å². The largest absolute Gasteiger partial charge is 0.494 e. The van der Waals surface area contributed by atoms with Gasteiger partial charge in [0.1, 0.15) is 5.75 Å². The summed E-state index contributed by atoms with van der Waals surface area (Å²) in [4.78, 5) is 39.9. The molecule has 0 aromatic heterocycles. The molecule has 3 N–H and O–H groups in total. The topological polar surface area (TPSA) is 105 Å². The van der Waals surface area contributed by atoms with E-state index in [1.54, 1.807) is 24.3 Å². The van der Waals surface area contributed by atoms with Gasteiger partial charge in [-0.2, -0.15) is 0 Å². The fourth-order valence-corrected chi connectivity index (χ4v) is 3.99. The molecule has 0 spiro atoms. The average Bonchev–Trinajstić information content (AvgIpc) is 3.03. The summed E-state index contributed by atoms with van der Waals surface area (Å²) in [6.45, 7) is 5.98. The Balaban J connectivity index is 1.42. The van der Waals surface area contributed by atoms with Crippen molar-refractivity contribution in [3.63, 3.8) is 0 Å². The maximum absolute atomic E-state index is 12.7. The maximum atomic E-state index is 12.7. The quantitative estimate of drug-likeness (QED) is 0.440. The summed E-state index contributed by atoms with van der Waals surface area (Å²) in [6.07, 6.45) is 3.61. The van der Waals surface area contributed by atoms with E-state index in [9.17, 15) is 14.4 Å². The van der Waals surface area contributed by atoms with Gasteiger partial charge in [-0.05, 0) is 76.1 Å². The minimum Gasteiger partial charge on any atom is -0.494 e. The van der Waals surface area contributed by atoms with E-state index in [1.165, 1.54) is 4.90 Å². The van der Waals surface area contributed by atoms with Crippen LogP contribution in [-0.4, -0.2) is 61.4 Å². The number of nitrogens with one attached hydrogen (secondary N) is 1. The lowest BCUT2D eigenvalue weighted by atomic mass is 9.96. The molecule has 0 unspecified atom stereocenters. The Hall–Kier alpha value is -2.45. The average molecular weight is 417 g/mol. The van der Waals surface area contributed by atoms with Crippen LogP contribution in [-0.2, 0) is 14.4 Å². The number of nitrogens with two attached hydrogens (primary N) is 1. The number of likely N-dealkylation sites (tertiary alicyclic amines) is 1. The van der Waals surface area contributed by atoms with Crippen molar-refractivity contribution in [1.82, 2.24) is 10.2 Å². The lowest BCUT2D eigenvalue weighted by Gasteiger charge is -2.30. The first-order valence-electron chi connectivity index (χ1n) is 10.8. The Labute approximate surface area is 177 Å². The van der Waals surface area contributed by atoms with Gasteiger partial charge in [-0.15, -0.1) is 0 Å². The second kappa shape index (κ2) is 10.5. The van der Waals surface area contributed by atoms with Crippen LogP contribution in [0.4, 0.5) is 5.69 Å². The Kier molecular flexibility index (Phi) is 7.81. The third-order valence-electron chi connectivity index (χ3n) is 5.75. The van der Waals surface area contributed by atoms with Gasteiger partial charge in [0.2, 0.25) is 11.8 Å². The number of benzene rings is 1.